The van der Waals surface area contributed by atoms with Crippen molar-refractivity contribution in [1.29, 1.82) is 0 Å². The second kappa shape index (κ2) is 7.53. The number of hydrogen-bond acceptors (Lipinski definition) is 3. The Morgan fingerprint density at radius 1 is 1.15 bits per heavy atom. The smallest absolute Gasteiger partial charge is 0.180 e. The van der Waals surface area contributed by atoms with Crippen LogP contribution in [0.15, 0.2) is 29.2 Å². The van der Waals surface area contributed by atoms with Crippen molar-refractivity contribution in [2.45, 2.75) is 37.1 Å². The highest BCUT2D eigenvalue weighted by atomic mass is 35.5. The maximum Gasteiger partial charge on any atom is 0.180 e. The van der Waals surface area contributed by atoms with Crippen LogP contribution in [0.4, 0.5) is 5.69 Å². The molecule has 114 valence electrons. The maximum absolute atomic E-state index is 12.3. The van der Waals surface area contributed by atoms with Gasteiger partial charge in [-0.15, -0.1) is 23.2 Å². The van der Waals surface area contributed by atoms with Gasteiger partial charge in [-0.25, -0.2) is 8.42 Å². The third-order valence-electron chi connectivity index (χ3n) is 3.28. The highest BCUT2D eigenvalue weighted by Crippen LogP contribution is 2.28. The van der Waals surface area contributed by atoms with Gasteiger partial charge < -0.3 is 5.32 Å². The van der Waals surface area contributed by atoms with E-state index in [0.717, 1.165) is 0 Å². The number of halogens is 2. The summed E-state index contributed by atoms with van der Waals surface area (Å²) >= 11 is 12.0. The average molecular weight is 338 g/mol. The predicted octanol–water partition coefficient (Wildman–Crippen LogP) is 3.91. The van der Waals surface area contributed by atoms with Crippen LogP contribution in [0.3, 0.4) is 0 Å². The molecular formula is C14H21Cl2NO2S. The van der Waals surface area contributed by atoms with Gasteiger partial charge in [0.25, 0.3) is 0 Å². The lowest BCUT2D eigenvalue weighted by molar-refractivity contribution is 0.557. The molecule has 0 atom stereocenters. The SMILES string of the molecule is CCCS(=O)(=O)c1ccccc1NC(CC)(CCl)CCl. The summed E-state index contributed by atoms with van der Waals surface area (Å²) in [6.07, 6.45) is 1.29. The second-order valence-corrected chi connectivity index (χ2v) is 7.45. The van der Waals surface area contributed by atoms with E-state index in [0.29, 0.717) is 35.2 Å². The summed E-state index contributed by atoms with van der Waals surface area (Å²) in [5, 5.41) is 3.23. The molecule has 20 heavy (non-hydrogen) atoms. The Balaban J connectivity index is 3.21. The van der Waals surface area contributed by atoms with Crippen molar-refractivity contribution in [3.8, 4) is 0 Å². The fourth-order valence-electron chi connectivity index (χ4n) is 1.89. The first-order chi connectivity index (χ1) is 9.44. The number of benzene rings is 1. The molecule has 1 N–H and O–H groups in total. The Morgan fingerprint density at radius 3 is 2.25 bits per heavy atom. The van der Waals surface area contributed by atoms with Crippen LogP contribution in [0, 0.1) is 0 Å². The van der Waals surface area contributed by atoms with E-state index in [-0.39, 0.29) is 5.75 Å². The fourth-order valence-corrected chi connectivity index (χ4v) is 4.18. The van der Waals surface area contributed by atoms with Gasteiger partial charge in [-0.2, -0.15) is 0 Å². The van der Waals surface area contributed by atoms with E-state index in [1.165, 1.54) is 0 Å². The minimum Gasteiger partial charge on any atom is -0.376 e. The molecule has 1 rings (SSSR count). The molecule has 0 fully saturated rings. The van der Waals surface area contributed by atoms with Crippen molar-refractivity contribution in [2.75, 3.05) is 22.8 Å². The van der Waals surface area contributed by atoms with Crippen LogP contribution in [0.1, 0.15) is 26.7 Å². The lowest BCUT2D eigenvalue weighted by Gasteiger charge is -2.31. The van der Waals surface area contributed by atoms with Gasteiger partial charge in [-0.3, -0.25) is 0 Å². The molecule has 0 aromatic heterocycles. The molecule has 1 aromatic carbocycles. The van der Waals surface area contributed by atoms with Gasteiger partial charge in [-0.05, 0) is 25.0 Å². The monoisotopic (exact) mass is 337 g/mol. The Labute approximate surface area is 131 Å². The summed E-state index contributed by atoms with van der Waals surface area (Å²) in [5.74, 6) is 0.761. The summed E-state index contributed by atoms with van der Waals surface area (Å²) in [6, 6.07) is 6.90. The molecule has 0 aliphatic rings. The van der Waals surface area contributed by atoms with Crippen LogP contribution in [0.25, 0.3) is 0 Å². The number of rotatable bonds is 8. The normalized spacial score (nSPS) is 12.4. The fraction of sp³-hybridized carbons (Fsp3) is 0.571. The van der Waals surface area contributed by atoms with E-state index < -0.39 is 15.4 Å². The predicted molar refractivity (Wildman–Crippen MR) is 86.9 cm³/mol. The van der Waals surface area contributed by atoms with Gasteiger partial charge in [-0.1, -0.05) is 26.0 Å². The lowest BCUT2D eigenvalue weighted by atomic mass is 10.0. The van der Waals surface area contributed by atoms with Gasteiger partial charge in [0.05, 0.1) is 21.9 Å². The summed E-state index contributed by atoms with van der Waals surface area (Å²) < 4.78 is 24.6. The largest absolute Gasteiger partial charge is 0.376 e. The standard InChI is InChI=1S/C14H21Cl2NO2S/c1-3-9-20(18,19)13-8-6-5-7-12(13)17-14(4-2,10-15)11-16/h5-8,17H,3-4,9-11H2,1-2H3. The van der Waals surface area contributed by atoms with E-state index in [1.807, 2.05) is 13.8 Å². The minimum absolute atomic E-state index is 0.132. The van der Waals surface area contributed by atoms with Crippen molar-refractivity contribution in [2.24, 2.45) is 0 Å². The highest BCUT2D eigenvalue weighted by molar-refractivity contribution is 7.91. The molecule has 3 nitrogen and oxygen atoms in total. The number of alkyl halides is 2. The summed E-state index contributed by atoms with van der Waals surface area (Å²) in [4.78, 5) is 0.315. The van der Waals surface area contributed by atoms with Crippen LogP contribution >= 0.6 is 23.2 Å². The van der Waals surface area contributed by atoms with E-state index in [1.54, 1.807) is 24.3 Å². The topological polar surface area (TPSA) is 46.2 Å². The Hall–Kier alpha value is -0.450. The number of sulfone groups is 1. The maximum atomic E-state index is 12.3. The van der Waals surface area contributed by atoms with Crippen molar-refractivity contribution in [3.05, 3.63) is 24.3 Å². The number of hydrogen-bond donors (Lipinski definition) is 1. The van der Waals surface area contributed by atoms with Crippen molar-refractivity contribution < 1.29 is 8.42 Å². The highest BCUT2D eigenvalue weighted by Gasteiger charge is 2.28. The van der Waals surface area contributed by atoms with Crippen molar-refractivity contribution in [1.82, 2.24) is 0 Å². The zero-order chi connectivity index (χ0) is 15.2. The Bertz CT molecular complexity index is 519. The quantitative estimate of drug-likeness (QED) is 0.731. The first-order valence-corrected chi connectivity index (χ1v) is 9.38. The molecule has 0 amide bonds. The Morgan fingerprint density at radius 2 is 1.75 bits per heavy atom. The zero-order valence-corrected chi connectivity index (χ0v) is 14.2. The van der Waals surface area contributed by atoms with Crippen molar-refractivity contribution >= 4 is 38.7 Å². The third kappa shape index (κ3) is 4.03. The van der Waals surface area contributed by atoms with Gasteiger partial charge in [0.15, 0.2) is 9.84 Å². The molecule has 1 aromatic rings. The first kappa shape index (κ1) is 17.6. The molecule has 0 unspecified atom stereocenters. The summed E-state index contributed by atoms with van der Waals surface area (Å²) in [5.41, 5.74) is 0.0742. The molecule has 0 heterocycles. The van der Waals surface area contributed by atoms with Crippen molar-refractivity contribution in [3.63, 3.8) is 0 Å². The molecule has 0 spiro atoms. The van der Waals surface area contributed by atoms with Gasteiger partial charge in [0.2, 0.25) is 0 Å². The van der Waals surface area contributed by atoms with E-state index in [4.69, 9.17) is 23.2 Å². The molecular weight excluding hydrogens is 317 g/mol. The molecule has 0 bridgehead atoms. The lowest BCUT2D eigenvalue weighted by Crippen LogP contribution is -2.42. The molecule has 6 heteroatoms. The number of anilines is 1. The van der Waals surface area contributed by atoms with E-state index in [9.17, 15) is 8.42 Å². The average Bonchev–Trinajstić information content (AvgIpc) is 2.45. The Kier molecular flexibility index (Phi) is 6.62. The van der Waals surface area contributed by atoms with Crippen LogP contribution in [-0.4, -0.2) is 31.5 Å². The zero-order valence-electron chi connectivity index (χ0n) is 11.8. The van der Waals surface area contributed by atoms with E-state index in [2.05, 4.69) is 5.32 Å². The molecule has 0 aliphatic carbocycles. The second-order valence-electron chi connectivity index (χ2n) is 4.84. The number of nitrogens with one attached hydrogen (secondary N) is 1. The third-order valence-corrected chi connectivity index (χ3v) is 6.28. The van der Waals surface area contributed by atoms with Crippen LogP contribution in [0.2, 0.25) is 0 Å². The van der Waals surface area contributed by atoms with Crippen LogP contribution in [0.5, 0.6) is 0 Å². The first-order valence-electron chi connectivity index (χ1n) is 6.66. The molecule has 0 radical (unpaired) electrons. The van der Waals surface area contributed by atoms with E-state index >= 15 is 0 Å². The minimum atomic E-state index is -3.29. The summed E-state index contributed by atoms with van der Waals surface area (Å²) in [7, 11) is -3.29. The van der Waals surface area contributed by atoms with Crippen LogP contribution < -0.4 is 5.32 Å². The number of para-hydroxylation sites is 1. The molecule has 0 aliphatic heterocycles. The van der Waals surface area contributed by atoms with Gasteiger partial charge in [0.1, 0.15) is 0 Å². The van der Waals surface area contributed by atoms with Crippen LogP contribution in [-0.2, 0) is 9.84 Å². The van der Waals surface area contributed by atoms with Gasteiger partial charge in [0, 0.05) is 11.8 Å². The van der Waals surface area contributed by atoms with Gasteiger partial charge >= 0.3 is 0 Å². The summed E-state index contributed by atoms with van der Waals surface area (Å²) in [6.45, 7) is 3.82. The molecule has 0 saturated heterocycles. The molecule has 0 saturated carbocycles.